The van der Waals surface area contributed by atoms with Gasteiger partial charge in [-0.25, -0.2) is 0 Å². The molecule has 0 saturated carbocycles. The quantitative estimate of drug-likeness (QED) is 0.182. The van der Waals surface area contributed by atoms with Crippen molar-refractivity contribution in [2.24, 2.45) is 0 Å². The van der Waals surface area contributed by atoms with Crippen molar-refractivity contribution in [1.82, 2.24) is 0 Å². The third-order valence-corrected chi connectivity index (χ3v) is 12.1. The van der Waals surface area contributed by atoms with Gasteiger partial charge in [-0.2, -0.15) is 0 Å². The molecule has 0 aliphatic heterocycles. The van der Waals surface area contributed by atoms with Crippen LogP contribution in [-0.4, -0.2) is 0 Å². The van der Waals surface area contributed by atoms with Gasteiger partial charge < -0.3 is 0 Å². The molecule has 7 aromatic carbocycles. The number of thiophene rings is 1. The number of rotatable bonds is 3. The maximum Gasteiger partial charge on any atom is 0.0361 e. The minimum atomic E-state index is 0.293. The van der Waals surface area contributed by atoms with Crippen LogP contribution >= 0.6 is 11.3 Å². The predicted octanol–water partition coefficient (Wildman–Crippen LogP) is 12.6. The normalized spacial score (nSPS) is 16.5. The van der Waals surface area contributed by atoms with E-state index in [-0.39, 0.29) is 0 Å². The van der Waals surface area contributed by atoms with Crippen molar-refractivity contribution in [3.8, 4) is 33.4 Å². The molecule has 0 fully saturated rings. The molecule has 228 valence electrons. The molecule has 0 bridgehead atoms. The fraction of sp³-hybridized carbons (Fsp3) is 0.106. The fourth-order valence-corrected chi connectivity index (χ4v) is 9.86. The van der Waals surface area contributed by atoms with E-state index in [1.165, 1.54) is 86.9 Å². The van der Waals surface area contributed by atoms with E-state index in [2.05, 4.69) is 158 Å². The van der Waals surface area contributed by atoms with E-state index in [0.29, 0.717) is 11.8 Å². The summed E-state index contributed by atoms with van der Waals surface area (Å²) in [5, 5.41) is 2.71. The highest BCUT2D eigenvalue weighted by Crippen LogP contribution is 2.50. The summed E-state index contributed by atoms with van der Waals surface area (Å²) in [7, 11) is 0. The average molecular weight is 631 g/mol. The highest BCUT2D eigenvalue weighted by Gasteiger charge is 2.33. The molecule has 48 heavy (non-hydrogen) atoms. The standard InChI is InChI=1S/C47H34S/c1-3-11-30(12-4-1)32-19-21-40-41-22-20-35(29-46(41)48-45(40)28-32)43-26-34-16-8-10-18-38(34)42-24-23-39-37-17-9-7-15-33(37)25-36(27-44(39)47(42)43)31-13-5-2-6-14-31/h1-24,28-29,36,43H,25-27H2. The summed E-state index contributed by atoms with van der Waals surface area (Å²) < 4.78 is 2.73. The zero-order chi connectivity index (χ0) is 31.6. The van der Waals surface area contributed by atoms with Gasteiger partial charge in [-0.1, -0.05) is 146 Å². The Bertz CT molecular complexity index is 2480. The van der Waals surface area contributed by atoms with Crippen molar-refractivity contribution in [1.29, 1.82) is 0 Å². The van der Waals surface area contributed by atoms with Gasteiger partial charge in [0.2, 0.25) is 0 Å². The maximum atomic E-state index is 2.52. The van der Waals surface area contributed by atoms with Crippen LogP contribution < -0.4 is 0 Å². The molecule has 0 amide bonds. The van der Waals surface area contributed by atoms with Crippen molar-refractivity contribution in [2.75, 3.05) is 0 Å². The van der Waals surface area contributed by atoms with Crippen molar-refractivity contribution in [3.05, 3.63) is 191 Å². The van der Waals surface area contributed by atoms with E-state index in [1.54, 1.807) is 0 Å². The zero-order valence-electron chi connectivity index (χ0n) is 26.7. The lowest BCUT2D eigenvalue weighted by Gasteiger charge is -2.32. The van der Waals surface area contributed by atoms with Crippen LogP contribution in [0.3, 0.4) is 0 Å². The Balaban J connectivity index is 1.17. The van der Waals surface area contributed by atoms with E-state index >= 15 is 0 Å². The highest BCUT2D eigenvalue weighted by atomic mass is 32.1. The first kappa shape index (κ1) is 27.8. The molecule has 0 radical (unpaired) electrons. The fourth-order valence-electron chi connectivity index (χ4n) is 8.66. The molecule has 2 aliphatic rings. The monoisotopic (exact) mass is 630 g/mol. The zero-order valence-corrected chi connectivity index (χ0v) is 27.5. The topological polar surface area (TPSA) is 0 Å². The first-order chi connectivity index (χ1) is 23.8. The van der Waals surface area contributed by atoms with Crippen LogP contribution in [0.15, 0.2) is 158 Å². The molecule has 2 unspecified atom stereocenters. The van der Waals surface area contributed by atoms with Crippen LogP contribution in [0, 0.1) is 0 Å². The van der Waals surface area contributed by atoms with Crippen molar-refractivity contribution >= 4 is 31.5 Å². The summed E-state index contributed by atoms with van der Waals surface area (Å²) >= 11 is 1.94. The van der Waals surface area contributed by atoms with Crippen LogP contribution in [0.5, 0.6) is 0 Å². The summed E-state index contributed by atoms with van der Waals surface area (Å²) in [6, 6.07) is 59.4. The highest BCUT2D eigenvalue weighted by molar-refractivity contribution is 7.25. The molecule has 0 N–H and O–H groups in total. The third kappa shape index (κ3) is 4.49. The number of hydrogen-bond acceptors (Lipinski definition) is 1. The minimum absolute atomic E-state index is 0.293. The largest absolute Gasteiger partial charge is 0.135 e. The summed E-state index contributed by atoms with van der Waals surface area (Å²) in [6.07, 6.45) is 3.12. The second kappa shape index (κ2) is 11.2. The van der Waals surface area contributed by atoms with Gasteiger partial charge in [-0.15, -0.1) is 11.3 Å². The molecular formula is C47H34S. The van der Waals surface area contributed by atoms with Crippen molar-refractivity contribution < 1.29 is 0 Å². The average Bonchev–Trinajstić information content (AvgIpc) is 3.42. The van der Waals surface area contributed by atoms with Crippen LogP contribution in [0.2, 0.25) is 0 Å². The molecule has 10 rings (SSSR count). The second-order valence-corrected chi connectivity index (χ2v) is 14.7. The lowest BCUT2D eigenvalue weighted by Crippen LogP contribution is -2.17. The van der Waals surface area contributed by atoms with Crippen molar-refractivity contribution in [2.45, 2.75) is 31.1 Å². The van der Waals surface area contributed by atoms with Gasteiger partial charge in [-0.05, 0) is 104 Å². The molecule has 0 spiro atoms. The lowest BCUT2D eigenvalue weighted by molar-refractivity contribution is 0.675. The molecule has 2 aliphatic carbocycles. The van der Waals surface area contributed by atoms with E-state index in [9.17, 15) is 0 Å². The molecule has 1 aromatic heterocycles. The Morgan fingerprint density at radius 3 is 1.83 bits per heavy atom. The predicted molar refractivity (Wildman–Crippen MR) is 204 cm³/mol. The van der Waals surface area contributed by atoms with Gasteiger partial charge in [-0.3, -0.25) is 0 Å². The van der Waals surface area contributed by atoms with Gasteiger partial charge in [0.05, 0.1) is 0 Å². The summed E-state index contributed by atoms with van der Waals surface area (Å²) in [5.41, 5.74) is 17.0. The van der Waals surface area contributed by atoms with E-state index in [4.69, 9.17) is 0 Å². The van der Waals surface area contributed by atoms with Gasteiger partial charge in [0.15, 0.2) is 0 Å². The van der Waals surface area contributed by atoms with Crippen LogP contribution in [0.4, 0.5) is 0 Å². The molecule has 2 atom stereocenters. The van der Waals surface area contributed by atoms with Gasteiger partial charge in [0.1, 0.15) is 0 Å². The molecule has 0 nitrogen and oxygen atoms in total. The third-order valence-electron chi connectivity index (χ3n) is 10.9. The first-order valence-corrected chi connectivity index (χ1v) is 18.0. The van der Waals surface area contributed by atoms with Crippen molar-refractivity contribution in [3.63, 3.8) is 0 Å². The molecule has 0 saturated heterocycles. The molecule has 1 heterocycles. The second-order valence-electron chi connectivity index (χ2n) is 13.6. The first-order valence-electron chi connectivity index (χ1n) is 17.2. The minimum Gasteiger partial charge on any atom is -0.135 e. The Morgan fingerprint density at radius 2 is 1.04 bits per heavy atom. The van der Waals surface area contributed by atoms with Crippen LogP contribution in [0.1, 0.15) is 45.2 Å². The Kier molecular flexibility index (Phi) is 6.49. The Hall–Kier alpha value is -5.24. The van der Waals surface area contributed by atoms with Gasteiger partial charge in [0, 0.05) is 26.1 Å². The Morgan fingerprint density at radius 1 is 0.417 bits per heavy atom. The van der Waals surface area contributed by atoms with Gasteiger partial charge in [0.25, 0.3) is 0 Å². The number of fused-ring (bicyclic) bond motifs is 10. The SMILES string of the molecule is c1ccc(-c2ccc3c(c2)sc2cc(C4Cc5ccccc5-c5ccc6c(c54)CC(c4ccccc4)Cc4ccccc4-6)ccc23)cc1. The van der Waals surface area contributed by atoms with E-state index in [0.717, 1.165) is 19.3 Å². The van der Waals surface area contributed by atoms with E-state index in [1.807, 2.05) is 11.3 Å². The lowest BCUT2D eigenvalue weighted by atomic mass is 9.71. The Labute approximate surface area is 286 Å². The molecule has 1 heteroatoms. The number of benzene rings is 7. The molecule has 8 aromatic rings. The summed E-state index contributed by atoms with van der Waals surface area (Å²) in [6.45, 7) is 0. The van der Waals surface area contributed by atoms with Crippen LogP contribution in [0.25, 0.3) is 53.6 Å². The summed E-state index contributed by atoms with van der Waals surface area (Å²) in [4.78, 5) is 0. The number of hydrogen-bond donors (Lipinski definition) is 0. The smallest absolute Gasteiger partial charge is 0.0361 e. The van der Waals surface area contributed by atoms with E-state index < -0.39 is 0 Å². The van der Waals surface area contributed by atoms with Crippen LogP contribution in [-0.2, 0) is 19.3 Å². The van der Waals surface area contributed by atoms with Gasteiger partial charge >= 0.3 is 0 Å². The molecular weight excluding hydrogens is 597 g/mol. The summed E-state index contributed by atoms with van der Waals surface area (Å²) in [5.74, 6) is 0.725. The maximum absolute atomic E-state index is 2.52.